The van der Waals surface area contributed by atoms with Crippen molar-refractivity contribution in [2.75, 3.05) is 0 Å². The Morgan fingerprint density at radius 1 is 1.40 bits per heavy atom. The largest absolute Gasteiger partial charge is 0.269 e. The molecule has 0 heterocycles. The molecule has 51 valence electrons. The van der Waals surface area contributed by atoms with E-state index in [1.54, 1.807) is 12.1 Å². The van der Waals surface area contributed by atoms with Crippen LogP contribution >= 0.6 is 0 Å². The monoisotopic (exact) mass is 134 g/mol. The molecule has 0 bridgehead atoms. The van der Waals surface area contributed by atoms with Crippen LogP contribution in [0.1, 0.15) is 15.9 Å². The summed E-state index contributed by atoms with van der Waals surface area (Å²) < 4.78 is 0. The first-order valence-corrected chi connectivity index (χ1v) is 3.03. The third kappa shape index (κ3) is 1.16. The number of benzene rings is 1. The van der Waals surface area contributed by atoms with Gasteiger partial charge in [-0.25, -0.2) is 0 Å². The maximum Gasteiger partial charge on any atom is 0.269 e. The molecule has 0 aliphatic rings. The summed E-state index contributed by atoms with van der Waals surface area (Å²) in [6.45, 7) is 1.82. The van der Waals surface area contributed by atoms with E-state index in [9.17, 15) is 4.79 Å². The molecule has 0 spiro atoms. The van der Waals surface area contributed by atoms with Gasteiger partial charge < -0.3 is 0 Å². The molecule has 0 unspecified atom stereocenters. The van der Waals surface area contributed by atoms with Gasteiger partial charge in [0.25, 0.3) is 5.91 Å². The van der Waals surface area contributed by atoms with Gasteiger partial charge in [0.1, 0.15) is 0 Å². The average molecular weight is 134 g/mol. The van der Waals surface area contributed by atoms with E-state index in [-0.39, 0.29) is 0 Å². The first-order chi connectivity index (χ1) is 4.72. The van der Waals surface area contributed by atoms with Crippen LogP contribution in [0.4, 0.5) is 0 Å². The van der Waals surface area contributed by atoms with Gasteiger partial charge in [-0.15, -0.1) is 0 Å². The summed E-state index contributed by atoms with van der Waals surface area (Å²) in [6.07, 6.45) is 0. The molecule has 1 amide bonds. The molecule has 10 heavy (non-hydrogen) atoms. The van der Waals surface area contributed by atoms with E-state index < -0.39 is 5.91 Å². The van der Waals surface area contributed by atoms with E-state index >= 15 is 0 Å². The predicted octanol–water partition coefficient (Wildman–Crippen LogP) is 1.42. The first kappa shape index (κ1) is 6.81. The fraction of sp³-hybridized carbons (Fsp3) is 0.125. The lowest BCUT2D eigenvalue weighted by molar-refractivity contribution is 0.0991. The van der Waals surface area contributed by atoms with Crippen LogP contribution in [-0.4, -0.2) is 5.91 Å². The molecule has 0 saturated heterocycles. The molecular weight excluding hydrogens is 126 g/mol. The molecule has 0 fully saturated rings. The summed E-state index contributed by atoms with van der Waals surface area (Å²) in [7, 11) is 0. The number of hydrogen-bond donors (Lipinski definition) is 0. The van der Waals surface area contributed by atoms with Gasteiger partial charge in [-0.3, -0.25) is 10.5 Å². The molecule has 2 heteroatoms. The first-order valence-electron chi connectivity index (χ1n) is 3.03. The predicted molar refractivity (Wildman–Crippen MR) is 38.6 cm³/mol. The molecule has 2 nitrogen and oxygen atoms in total. The minimum absolute atomic E-state index is 0.488. The van der Waals surface area contributed by atoms with E-state index in [1.807, 2.05) is 19.1 Å². The number of rotatable bonds is 1. The molecule has 1 aromatic carbocycles. The summed E-state index contributed by atoms with van der Waals surface area (Å²) in [5.74, 6) is -0.613. The topological polar surface area (TPSA) is 40.9 Å². The van der Waals surface area contributed by atoms with Gasteiger partial charge in [0.05, 0.1) is 0 Å². The van der Waals surface area contributed by atoms with Crippen molar-refractivity contribution in [2.45, 2.75) is 6.92 Å². The Balaban J connectivity index is 3.15. The van der Waals surface area contributed by atoms with Gasteiger partial charge in [0.2, 0.25) is 0 Å². The fourth-order valence-corrected chi connectivity index (χ4v) is 0.828. The number of aryl methyl sites for hydroxylation is 1. The van der Waals surface area contributed by atoms with Gasteiger partial charge in [-0.1, -0.05) is 18.2 Å². The molecule has 1 N–H and O–H groups in total. The number of hydrogen-bond acceptors (Lipinski definition) is 1. The van der Waals surface area contributed by atoms with Crippen LogP contribution in [0.15, 0.2) is 24.3 Å². The standard InChI is InChI=1S/C8H8NO/c1-6-4-2-3-5-7(6)8(9)10/h2-5,9H,1H3. The van der Waals surface area contributed by atoms with Crippen molar-refractivity contribution in [2.24, 2.45) is 0 Å². The fourth-order valence-electron chi connectivity index (χ4n) is 0.828. The highest BCUT2D eigenvalue weighted by molar-refractivity contribution is 5.93. The van der Waals surface area contributed by atoms with Gasteiger partial charge in [0, 0.05) is 5.56 Å². The zero-order chi connectivity index (χ0) is 7.56. The molecule has 1 aromatic rings. The molecule has 0 atom stereocenters. The Bertz CT molecular complexity index is 255. The second kappa shape index (κ2) is 2.52. The highest BCUT2D eigenvalue weighted by atomic mass is 16.1. The summed E-state index contributed by atoms with van der Waals surface area (Å²) in [4.78, 5) is 10.5. The highest BCUT2D eigenvalue weighted by Gasteiger charge is 2.01. The van der Waals surface area contributed by atoms with Crippen LogP contribution in [0.5, 0.6) is 0 Å². The van der Waals surface area contributed by atoms with Crippen molar-refractivity contribution >= 4 is 5.91 Å². The molecular formula is C8H8NO. The van der Waals surface area contributed by atoms with Crippen molar-refractivity contribution in [1.29, 1.82) is 0 Å². The Morgan fingerprint density at radius 3 is 2.40 bits per heavy atom. The zero-order valence-corrected chi connectivity index (χ0v) is 5.72. The Morgan fingerprint density at radius 2 is 2.00 bits per heavy atom. The van der Waals surface area contributed by atoms with Gasteiger partial charge in [-0.2, -0.15) is 0 Å². The molecule has 0 aromatic heterocycles. The van der Waals surface area contributed by atoms with Crippen molar-refractivity contribution < 1.29 is 4.79 Å². The maximum atomic E-state index is 10.5. The lowest BCUT2D eigenvalue weighted by Crippen LogP contribution is -2.00. The normalized spacial score (nSPS) is 9.30. The van der Waals surface area contributed by atoms with Crippen LogP contribution in [-0.2, 0) is 0 Å². The van der Waals surface area contributed by atoms with E-state index in [0.29, 0.717) is 5.56 Å². The van der Waals surface area contributed by atoms with Crippen LogP contribution in [0.25, 0.3) is 0 Å². The van der Waals surface area contributed by atoms with Crippen LogP contribution in [0.2, 0.25) is 0 Å². The quantitative estimate of drug-likeness (QED) is 0.572. The smallest absolute Gasteiger partial charge is 0.267 e. The summed E-state index contributed by atoms with van der Waals surface area (Å²) in [5, 5.41) is 0. The van der Waals surface area contributed by atoms with Crippen LogP contribution < -0.4 is 5.73 Å². The van der Waals surface area contributed by atoms with Crippen LogP contribution in [0, 0.1) is 6.92 Å². The molecule has 0 saturated carbocycles. The third-order valence-electron chi connectivity index (χ3n) is 1.39. The molecule has 1 radical (unpaired) electrons. The second-order valence-electron chi connectivity index (χ2n) is 2.14. The summed E-state index contributed by atoms with van der Waals surface area (Å²) in [5.41, 5.74) is 8.17. The highest BCUT2D eigenvalue weighted by Crippen LogP contribution is 2.05. The number of amides is 1. The zero-order valence-electron chi connectivity index (χ0n) is 5.72. The maximum absolute atomic E-state index is 10.5. The Kier molecular flexibility index (Phi) is 1.71. The minimum Gasteiger partial charge on any atom is -0.267 e. The van der Waals surface area contributed by atoms with E-state index in [4.69, 9.17) is 5.73 Å². The number of carbonyl (C=O) groups is 1. The summed E-state index contributed by atoms with van der Waals surface area (Å²) >= 11 is 0. The molecule has 1 rings (SSSR count). The van der Waals surface area contributed by atoms with Gasteiger partial charge in [0.15, 0.2) is 0 Å². The lowest BCUT2D eigenvalue weighted by atomic mass is 10.1. The second-order valence-corrected chi connectivity index (χ2v) is 2.14. The van der Waals surface area contributed by atoms with E-state index in [0.717, 1.165) is 5.56 Å². The molecule has 0 aliphatic carbocycles. The number of carbonyl (C=O) groups excluding carboxylic acids is 1. The van der Waals surface area contributed by atoms with Crippen LogP contribution in [0.3, 0.4) is 0 Å². The lowest BCUT2D eigenvalue weighted by Gasteiger charge is -1.96. The van der Waals surface area contributed by atoms with Crippen molar-refractivity contribution in [3.8, 4) is 0 Å². The molecule has 0 aliphatic heterocycles. The SMILES string of the molecule is Cc1ccccc1C([NH])=O. The summed E-state index contributed by atoms with van der Waals surface area (Å²) in [6, 6.07) is 7.09. The average Bonchev–Trinajstić information content (AvgIpc) is 1.88. The number of nitrogens with one attached hydrogen (secondary N) is 1. The van der Waals surface area contributed by atoms with Crippen molar-refractivity contribution in [3.63, 3.8) is 0 Å². The van der Waals surface area contributed by atoms with E-state index in [2.05, 4.69) is 0 Å². The Labute approximate surface area is 59.7 Å². The van der Waals surface area contributed by atoms with Gasteiger partial charge >= 0.3 is 0 Å². The van der Waals surface area contributed by atoms with Gasteiger partial charge in [-0.05, 0) is 18.6 Å². The van der Waals surface area contributed by atoms with Crippen molar-refractivity contribution in [3.05, 3.63) is 35.4 Å². The Hall–Kier alpha value is -1.31. The van der Waals surface area contributed by atoms with Crippen molar-refractivity contribution in [1.82, 2.24) is 5.73 Å². The third-order valence-corrected chi connectivity index (χ3v) is 1.39. The minimum atomic E-state index is -0.613. The van der Waals surface area contributed by atoms with E-state index in [1.165, 1.54) is 0 Å².